The molecule has 12 heavy (non-hydrogen) atoms. The van der Waals surface area contributed by atoms with Gasteiger partial charge in [-0.05, 0) is 31.0 Å². The van der Waals surface area contributed by atoms with Crippen molar-refractivity contribution in [2.75, 3.05) is 6.54 Å². The SMILES string of the molecule is Cl.c1cncc([C@@H]2CCCN2)c1. The summed E-state index contributed by atoms with van der Waals surface area (Å²) in [7, 11) is 0. The van der Waals surface area contributed by atoms with Gasteiger partial charge in [0, 0.05) is 18.4 Å². The summed E-state index contributed by atoms with van der Waals surface area (Å²) in [5, 5.41) is 3.43. The zero-order chi connectivity index (χ0) is 7.52. The number of hydrogen-bond donors (Lipinski definition) is 1. The van der Waals surface area contributed by atoms with Gasteiger partial charge in [-0.25, -0.2) is 0 Å². The van der Waals surface area contributed by atoms with Gasteiger partial charge >= 0.3 is 0 Å². The molecular weight excluding hydrogens is 172 g/mol. The van der Waals surface area contributed by atoms with E-state index in [4.69, 9.17) is 0 Å². The molecule has 1 aliphatic heterocycles. The topological polar surface area (TPSA) is 24.9 Å². The number of aromatic nitrogens is 1. The highest BCUT2D eigenvalue weighted by Gasteiger charge is 2.15. The van der Waals surface area contributed by atoms with Crippen molar-refractivity contribution < 1.29 is 0 Å². The molecule has 1 saturated heterocycles. The van der Waals surface area contributed by atoms with E-state index in [1.54, 1.807) is 0 Å². The minimum Gasteiger partial charge on any atom is -0.310 e. The van der Waals surface area contributed by atoms with Gasteiger partial charge in [-0.15, -0.1) is 12.4 Å². The van der Waals surface area contributed by atoms with Crippen LogP contribution < -0.4 is 5.32 Å². The third-order valence-corrected chi connectivity index (χ3v) is 2.15. The van der Waals surface area contributed by atoms with Crippen molar-refractivity contribution in [3.63, 3.8) is 0 Å². The summed E-state index contributed by atoms with van der Waals surface area (Å²) in [5.74, 6) is 0. The van der Waals surface area contributed by atoms with Gasteiger partial charge in [0.25, 0.3) is 0 Å². The van der Waals surface area contributed by atoms with Gasteiger partial charge < -0.3 is 5.32 Å². The Labute approximate surface area is 78.8 Å². The van der Waals surface area contributed by atoms with E-state index in [9.17, 15) is 0 Å². The molecule has 2 rings (SSSR count). The summed E-state index contributed by atoms with van der Waals surface area (Å²) in [6.07, 6.45) is 6.31. The first-order chi connectivity index (χ1) is 5.47. The van der Waals surface area contributed by atoms with Crippen LogP contribution in [0.3, 0.4) is 0 Å². The standard InChI is InChI=1S/C9H12N2.ClH/c1-3-8(7-10-5-1)9-4-2-6-11-9;/h1,3,5,7,9,11H,2,4,6H2;1H/t9-;/m0./s1. The monoisotopic (exact) mass is 184 g/mol. The largest absolute Gasteiger partial charge is 0.310 e. The van der Waals surface area contributed by atoms with E-state index >= 15 is 0 Å². The smallest absolute Gasteiger partial charge is 0.0335 e. The molecule has 2 heterocycles. The summed E-state index contributed by atoms with van der Waals surface area (Å²) >= 11 is 0. The van der Waals surface area contributed by atoms with Crippen LogP contribution in [-0.2, 0) is 0 Å². The summed E-state index contributed by atoms with van der Waals surface area (Å²) in [5.41, 5.74) is 1.32. The van der Waals surface area contributed by atoms with E-state index < -0.39 is 0 Å². The average molecular weight is 185 g/mol. The van der Waals surface area contributed by atoms with E-state index in [2.05, 4.69) is 16.4 Å². The Morgan fingerprint density at radius 1 is 1.50 bits per heavy atom. The lowest BCUT2D eigenvalue weighted by Gasteiger charge is -2.08. The van der Waals surface area contributed by atoms with Crippen molar-refractivity contribution >= 4 is 12.4 Å². The van der Waals surface area contributed by atoms with Crippen LogP contribution in [0.4, 0.5) is 0 Å². The van der Waals surface area contributed by atoms with E-state index in [1.807, 2.05) is 18.5 Å². The van der Waals surface area contributed by atoms with Crippen molar-refractivity contribution in [2.24, 2.45) is 0 Å². The quantitative estimate of drug-likeness (QED) is 0.722. The highest BCUT2D eigenvalue weighted by molar-refractivity contribution is 5.85. The van der Waals surface area contributed by atoms with Crippen molar-refractivity contribution in [2.45, 2.75) is 18.9 Å². The van der Waals surface area contributed by atoms with Crippen LogP contribution in [0.25, 0.3) is 0 Å². The molecule has 0 amide bonds. The van der Waals surface area contributed by atoms with Gasteiger partial charge in [-0.1, -0.05) is 6.07 Å². The third kappa shape index (κ3) is 1.96. The fraction of sp³-hybridized carbons (Fsp3) is 0.444. The summed E-state index contributed by atoms with van der Waals surface area (Å²) in [6, 6.07) is 4.69. The Morgan fingerprint density at radius 3 is 3.00 bits per heavy atom. The molecule has 2 nitrogen and oxygen atoms in total. The predicted octanol–water partition coefficient (Wildman–Crippen LogP) is 1.93. The van der Waals surface area contributed by atoms with Gasteiger partial charge in [0.1, 0.15) is 0 Å². The Bertz CT molecular complexity index is 219. The molecule has 0 aliphatic carbocycles. The second-order valence-corrected chi connectivity index (χ2v) is 2.94. The minimum atomic E-state index is 0. The van der Waals surface area contributed by atoms with Crippen LogP contribution >= 0.6 is 12.4 Å². The van der Waals surface area contributed by atoms with Crippen molar-refractivity contribution in [3.8, 4) is 0 Å². The molecule has 1 aliphatic rings. The number of pyridine rings is 1. The first-order valence-corrected chi connectivity index (χ1v) is 4.10. The van der Waals surface area contributed by atoms with Crippen molar-refractivity contribution in [1.29, 1.82) is 0 Å². The number of nitrogens with zero attached hydrogens (tertiary/aromatic N) is 1. The second-order valence-electron chi connectivity index (χ2n) is 2.94. The van der Waals surface area contributed by atoms with E-state index in [-0.39, 0.29) is 12.4 Å². The van der Waals surface area contributed by atoms with Crippen LogP contribution in [0.15, 0.2) is 24.5 Å². The fourth-order valence-electron chi connectivity index (χ4n) is 1.55. The molecule has 1 aromatic rings. The second kappa shape index (κ2) is 4.43. The molecule has 66 valence electrons. The molecular formula is C9H13ClN2. The van der Waals surface area contributed by atoms with E-state index in [0.29, 0.717) is 6.04 Å². The molecule has 1 fully saturated rings. The molecule has 0 unspecified atom stereocenters. The lowest BCUT2D eigenvalue weighted by Crippen LogP contribution is -2.12. The predicted molar refractivity (Wildman–Crippen MR) is 51.5 cm³/mol. The molecule has 0 radical (unpaired) electrons. The first-order valence-electron chi connectivity index (χ1n) is 4.10. The molecule has 1 atom stereocenters. The Balaban J connectivity index is 0.000000720. The van der Waals surface area contributed by atoms with Gasteiger partial charge in [0.15, 0.2) is 0 Å². The maximum absolute atomic E-state index is 4.09. The molecule has 0 aromatic carbocycles. The third-order valence-electron chi connectivity index (χ3n) is 2.15. The zero-order valence-electron chi connectivity index (χ0n) is 6.86. The number of hydrogen-bond acceptors (Lipinski definition) is 2. The normalized spacial score (nSPS) is 21.8. The summed E-state index contributed by atoms with van der Waals surface area (Å²) < 4.78 is 0. The minimum absolute atomic E-state index is 0. The van der Waals surface area contributed by atoms with Gasteiger partial charge in [0.2, 0.25) is 0 Å². The fourth-order valence-corrected chi connectivity index (χ4v) is 1.55. The van der Waals surface area contributed by atoms with Crippen molar-refractivity contribution in [3.05, 3.63) is 30.1 Å². The van der Waals surface area contributed by atoms with Gasteiger partial charge in [0.05, 0.1) is 0 Å². The first kappa shape index (κ1) is 9.49. The Morgan fingerprint density at radius 2 is 2.42 bits per heavy atom. The highest BCUT2D eigenvalue weighted by atomic mass is 35.5. The molecule has 0 saturated carbocycles. The van der Waals surface area contributed by atoms with Crippen LogP contribution in [0.1, 0.15) is 24.4 Å². The molecule has 3 heteroatoms. The maximum atomic E-state index is 4.09. The number of nitrogens with one attached hydrogen (secondary N) is 1. The van der Waals surface area contributed by atoms with Crippen LogP contribution in [0.5, 0.6) is 0 Å². The molecule has 0 spiro atoms. The van der Waals surface area contributed by atoms with E-state index in [0.717, 1.165) is 6.54 Å². The number of halogens is 1. The van der Waals surface area contributed by atoms with Crippen molar-refractivity contribution in [1.82, 2.24) is 10.3 Å². The summed E-state index contributed by atoms with van der Waals surface area (Å²) in [6.45, 7) is 1.15. The molecule has 0 bridgehead atoms. The average Bonchev–Trinajstić information content (AvgIpc) is 2.58. The maximum Gasteiger partial charge on any atom is 0.0335 e. The molecule has 1 aromatic heterocycles. The van der Waals surface area contributed by atoms with Crippen LogP contribution in [0.2, 0.25) is 0 Å². The van der Waals surface area contributed by atoms with Crippen LogP contribution in [0, 0.1) is 0 Å². The zero-order valence-corrected chi connectivity index (χ0v) is 7.68. The number of rotatable bonds is 1. The summed E-state index contributed by atoms with van der Waals surface area (Å²) in [4.78, 5) is 4.09. The van der Waals surface area contributed by atoms with Crippen LogP contribution in [-0.4, -0.2) is 11.5 Å². The lowest BCUT2D eigenvalue weighted by atomic mass is 10.1. The molecule has 1 N–H and O–H groups in total. The lowest BCUT2D eigenvalue weighted by molar-refractivity contribution is 0.645. The van der Waals surface area contributed by atoms with Gasteiger partial charge in [-0.3, -0.25) is 4.98 Å². The van der Waals surface area contributed by atoms with E-state index in [1.165, 1.54) is 18.4 Å². The Hall–Kier alpha value is -0.600. The Kier molecular flexibility index (Phi) is 3.50. The van der Waals surface area contributed by atoms with Gasteiger partial charge in [-0.2, -0.15) is 0 Å². The highest BCUT2D eigenvalue weighted by Crippen LogP contribution is 2.21.